The summed E-state index contributed by atoms with van der Waals surface area (Å²) in [6.07, 6.45) is 2.22. The lowest BCUT2D eigenvalue weighted by atomic mass is 10.2. The Morgan fingerprint density at radius 1 is 1.42 bits per heavy atom. The maximum Gasteiger partial charge on any atom is 0.337 e. The molecular formula is C10H9N3O5S. The zero-order valence-electron chi connectivity index (χ0n) is 9.40. The number of nitrogen functional groups attached to an aromatic ring is 1. The minimum absolute atomic E-state index is 0.0822. The van der Waals surface area contributed by atoms with Gasteiger partial charge in [-0.15, -0.1) is 0 Å². The molecule has 8 nitrogen and oxygen atoms in total. The molecule has 1 heterocycles. The molecule has 0 aliphatic heterocycles. The highest BCUT2D eigenvalue weighted by molar-refractivity contribution is 7.92. The average molecular weight is 283 g/mol. The Labute approximate surface area is 107 Å². The highest BCUT2D eigenvalue weighted by Gasteiger charge is 2.23. The second-order valence-electron chi connectivity index (χ2n) is 3.58. The maximum atomic E-state index is 12.1. The monoisotopic (exact) mass is 283 g/mol. The van der Waals surface area contributed by atoms with Crippen molar-refractivity contribution in [3.63, 3.8) is 0 Å². The van der Waals surface area contributed by atoms with E-state index in [9.17, 15) is 13.2 Å². The first-order chi connectivity index (χ1) is 8.90. The fourth-order valence-electron chi connectivity index (χ4n) is 1.40. The summed E-state index contributed by atoms with van der Waals surface area (Å²) in [6.45, 7) is 0. The van der Waals surface area contributed by atoms with Gasteiger partial charge in [-0.05, 0) is 18.2 Å². The van der Waals surface area contributed by atoms with Crippen molar-refractivity contribution >= 4 is 27.4 Å². The fraction of sp³-hybridized carbons (Fsp3) is 0. The molecule has 0 aliphatic carbocycles. The molecule has 1 aromatic heterocycles. The largest absolute Gasteiger partial charge is 0.478 e. The van der Waals surface area contributed by atoms with Gasteiger partial charge in [-0.2, -0.15) is 0 Å². The Morgan fingerprint density at radius 3 is 2.74 bits per heavy atom. The minimum Gasteiger partial charge on any atom is -0.478 e. The number of benzene rings is 1. The van der Waals surface area contributed by atoms with Gasteiger partial charge in [-0.25, -0.2) is 13.2 Å². The number of aromatic carboxylic acids is 1. The van der Waals surface area contributed by atoms with E-state index in [0.717, 1.165) is 24.6 Å². The number of nitrogens with one attached hydrogen (secondary N) is 1. The lowest BCUT2D eigenvalue weighted by molar-refractivity contribution is 0.0692. The number of anilines is 2. The van der Waals surface area contributed by atoms with Crippen molar-refractivity contribution in [1.29, 1.82) is 0 Å². The van der Waals surface area contributed by atoms with Crippen LogP contribution in [-0.2, 0) is 10.0 Å². The Hall–Kier alpha value is -2.55. The summed E-state index contributed by atoms with van der Waals surface area (Å²) in [7, 11) is -4.09. The second kappa shape index (κ2) is 4.61. The van der Waals surface area contributed by atoms with Crippen LogP contribution in [0.4, 0.5) is 11.4 Å². The van der Waals surface area contributed by atoms with Crippen molar-refractivity contribution in [3.8, 4) is 0 Å². The summed E-state index contributed by atoms with van der Waals surface area (Å²) in [5, 5.41) is 12.3. The van der Waals surface area contributed by atoms with Gasteiger partial charge < -0.3 is 15.4 Å². The predicted molar refractivity (Wildman–Crippen MR) is 65.1 cm³/mol. The minimum atomic E-state index is -4.09. The van der Waals surface area contributed by atoms with Crippen LogP contribution >= 0.6 is 0 Å². The molecule has 0 fully saturated rings. The van der Waals surface area contributed by atoms with E-state index < -0.39 is 20.9 Å². The van der Waals surface area contributed by atoms with Crippen molar-refractivity contribution < 1.29 is 22.8 Å². The molecule has 9 heteroatoms. The molecule has 0 unspecified atom stereocenters. The lowest BCUT2D eigenvalue weighted by Gasteiger charge is -2.09. The van der Waals surface area contributed by atoms with E-state index >= 15 is 0 Å². The van der Waals surface area contributed by atoms with Crippen LogP contribution in [0.25, 0.3) is 0 Å². The van der Waals surface area contributed by atoms with E-state index in [2.05, 4.69) is 14.4 Å². The van der Waals surface area contributed by atoms with E-state index in [0.29, 0.717) is 0 Å². The van der Waals surface area contributed by atoms with Gasteiger partial charge in [0, 0.05) is 5.69 Å². The first kappa shape index (κ1) is 12.9. The third-order valence-corrected chi connectivity index (χ3v) is 3.63. The molecule has 2 rings (SSSR count). The molecule has 19 heavy (non-hydrogen) atoms. The van der Waals surface area contributed by atoms with Crippen LogP contribution in [-0.4, -0.2) is 24.7 Å². The lowest BCUT2D eigenvalue weighted by Crippen LogP contribution is -2.17. The summed E-state index contributed by atoms with van der Waals surface area (Å²) in [5.74, 6) is -1.37. The first-order valence-electron chi connectivity index (χ1n) is 4.95. The van der Waals surface area contributed by atoms with Crippen LogP contribution in [0.15, 0.2) is 40.1 Å². The Balaban J connectivity index is 2.50. The molecule has 0 spiro atoms. The SMILES string of the molecule is Nc1ccc(C(=O)O)c(S(=O)(=O)Nc2cnoc2)c1. The topological polar surface area (TPSA) is 136 Å². The first-order valence-corrected chi connectivity index (χ1v) is 6.43. The fourth-order valence-corrected chi connectivity index (χ4v) is 2.66. The zero-order chi connectivity index (χ0) is 14.0. The molecule has 0 saturated carbocycles. The zero-order valence-corrected chi connectivity index (χ0v) is 10.2. The number of carboxylic acid groups (broad SMARTS) is 1. The second-order valence-corrected chi connectivity index (χ2v) is 5.23. The standard InChI is InChI=1S/C10H9N3O5S/c11-6-1-2-8(10(14)15)9(3-6)19(16,17)13-7-4-12-18-5-7/h1-5,13H,11H2,(H,14,15). The number of nitrogens with zero attached hydrogens (tertiary/aromatic N) is 1. The summed E-state index contributed by atoms with van der Waals surface area (Å²) in [6, 6.07) is 3.50. The van der Waals surface area contributed by atoms with Gasteiger partial charge in [0.25, 0.3) is 10.0 Å². The molecule has 0 saturated heterocycles. The van der Waals surface area contributed by atoms with E-state index in [-0.39, 0.29) is 16.9 Å². The number of aromatic nitrogens is 1. The number of carboxylic acids is 1. The van der Waals surface area contributed by atoms with Crippen LogP contribution in [0.3, 0.4) is 0 Å². The van der Waals surface area contributed by atoms with Crippen LogP contribution in [0, 0.1) is 0 Å². The molecule has 2 aromatic rings. The van der Waals surface area contributed by atoms with Gasteiger partial charge in [-0.3, -0.25) is 4.72 Å². The van der Waals surface area contributed by atoms with Crippen LogP contribution in [0.2, 0.25) is 0 Å². The van der Waals surface area contributed by atoms with Gasteiger partial charge in [0.1, 0.15) is 16.8 Å². The Kier molecular flexibility index (Phi) is 3.13. The van der Waals surface area contributed by atoms with Gasteiger partial charge in [0.05, 0.1) is 11.8 Å². The summed E-state index contributed by atoms with van der Waals surface area (Å²) in [5.41, 5.74) is 5.32. The third-order valence-electron chi connectivity index (χ3n) is 2.21. The number of rotatable bonds is 4. The molecular weight excluding hydrogens is 274 g/mol. The number of sulfonamides is 1. The van der Waals surface area contributed by atoms with Crippen LogP contribution in [0.1, 0.15) is 10.4 Å². The van der Waals surface area contributed by atoms with Gasteiger partial charge >= 0.3 is 5.97 Å². The van der Waals surface area contributed by atoms with Gasteiger partial charge in [0.15, 0.2) is 0 Å². The van der Waals surface area contributed by atoms with Crippen molar-refractivity contribution in [2.24, 2.45) is 0 Å². The van der Waals surface area contributed by atoms with E-state index in [1.807, 2.05) is 0 Å². The molecule has 0 aliphatic rings. The molecule has 100 valence electrons. The molecule has 1 aromatic carbocycles. The summed E-state index contributed by atoms with van der Waals surface area (Å²) in [4.78, 5) is 10.6. The Bertz CT molecular complexity index is 709. The summed E-state index contributed by atoms with van der Waals surface area (Å²) >= 11 is 0. The molecule has 0 amide bonds. The Morgan fingerprint density at radius 2 is 2.16 bits per heavy atom. The van der Waals surface area contributed by atoms with Gasteiger partial charge in [0.2, 0.25) is 0 Å². The number of carbonyl (C=O) groups is 1. The number of nitrogens with two attached hydrogens (primary N) is 1. The molecule has 0 radical (unpaired) electrons. The van der Waals surface area contributed by atoms with E-state index in [1.165, 1.54) is 6.07 Å². The molecule has 0 bridgehead atoms. The van der Waals surface area contributed by atoms with Gasteiger partial charge in [-0.1, -0.05) is 5.16 Å². The van der Waals surface area contributed by atoms with Crippen LogP contribution in [0.5, 0.6) is 0 Å². The third kappa shape index (κ3) is 2.65. The van der Waals surface area contributed by atoms with Crippen molar-refractivity contribution in [3.05, 3.63) is 36.2 Å². The van der Waals surface area contributed by atoms with Crippen molar-refractivity contribution in [2.75, 3.05) is 10.5 Å². The van der Waals surface area contributed by atoms with E-state index in [4.69, 9.17) is 10.8 Å². The number of hydrogen-bond acceptors (Lipinski definition) is 6. The smallest absolute Gasteiger partial charge is 0.337 e. The average Bonchev–Trinajstić information content (AvgIpc) is 2.80. The summed E-state index contributed by atoms with van der Waals surface area (Å²) < 4.78 is 30.8. The highest BCUT2D eigenvalue weighted by Crippen LogP contribution is 2.22. The molecule has 0 atom stereocenters. The normalized spacial score (nSPS) is 11.2. The van der Waals surface area contributed by atoms with Crippen molar-refractivity contribution in [2.45, 2.75) is 4.90 Å². The highest BCUT2D eigenvalue weighted by atomic mass is 32.2. The quantitative estimate of drug-likeness (QED) is 0.704. The molecule has 4 N–H and O–H groups in total. The van der Waals surface area contributed by atoms with Crippen molar-refractivity contribution in [1.82, 2.24) is 5.16 Å². The number of hydrogen-bond donors (Lipinski definition) is 3. The van der Waals surface area contributed by atoms with E-state index in [1.54, 1.807) is 0 Å². The van der Waals surface area contributed by atoms with Crippen LogP contribution < -0.4 is 10.5 Å². The predicted octanol–water partition coefficient (Wildman–Crippen LogP) is 0.756. The maximum absolute atomic E-state index is 12.1.